The highest BCUT2D eigenvalue weighted by molar-refractivity contribution is 5.98. The maximum atomic E-state index is 12.4. The molecule has 2 aromatic heterocycles. The Morgan fingerprint density at radius 3 is 2.77 bits per heavy atom. The maximum Gasteiger partial charge on any atom is 0.349 e. The average molecular weight is 404 g/mol. The molecule has 0 aliphatic carbocycles. The molecule has 0 radical (unpaired) electrons. The largest absolute Gasteiger partial charge is 0.451 e. The van der Waals surface area contributed by atoms with Gasteiger partial charge in [-0.3, -0.25) is 0 Å². The summed E-state index contributed by atoms with van der Waals surface area (Å²) in [4.78, 5) is 12.4. The van der Waals surface area contributed by atoms with Gasteiger partial charge in [-0.25, -0.2) is 4.79 Å². The quantitative estimate of drug-likeness (QED) is 0.326. The van der Waals surface area contributed by atoms with Crippen LogP contribution < -0.4 is 0 Å². The van der Waals surface area contributed by atoms with Crippen LogP contribution in [0.1, 0.15) is 41.8 Å². The van der Waals surface area contributed by atoms with Crippen LogP contribution in [0, 0.1) is 32.1 Å². The van der Waals surface area contributed by atoms with Crippen LogP contribution in [0.5, 0.6) is 0 Å². The molecule has 0 aliphatic rings. The minimum Gasteiger partial charge on any atom is -0.451 e. The van der Waals surface area contributed by atoms with Gasteiger partial charge in [-0.2, -0.15) is 5.26 Å². The molecule has 0 fully saturated rings. The number of benzene rings is 1. The number of esters is 1. The number of aryl methyl sites for hydroxylation is 2. The Hall–Kier alpha value is -3.66. The molecule has 2 heterocycles. The minimum atomic E-state index is -0.729. The topological polar surface area (TPSA) is 93.9 Å². The highest BCUT2D eigenvalue weighted by Crippen LogP contribution is 2.21. The smallest absolute Gasteiger partial charge is 0.349 e. The van der Waals surface area contributed by atoms with Crippen LogP contribution >= 0.6 is 0 Å². The summed E-state index contributed by atoms with van der Waals surface area (Å²) in [6.07, 6.45) is 2.56. The van der Waals surface area contributed by atoms with Gasteiger partial charge in [-0.1, -0.05) is 24.6 Å². The highest BCUT2D eigenvalue weighted by Gasteiger charge is 2.16. The lowest BCUT2D eigenvalue weighted by molar-refractivity contribution is -0.140. The summed E-state index contributed by atoms with van der Waals surface area (Å²) in [5, 5.41) is 17.3. The van der Waals surface area contributed by atoms with E-state index >= 15 is 0 Å². The van der Waals surface area contributed by atoms with Crippen molar-refractivity contribution in [3.63, 3.8) is 0 Å². The molecule has 7 heteroatoms. The van der Waals surface area contributed by atoms with Crippen LogP contribution in [0.2, 0.25) is 0 Å². The zero-order valence-electron chi connectivity index (χ0n) is 17.6. The Balaban J connectivity index is 1.70. The Kier molecular flexibility index (Phi) is 6.48. The first-order valence-corrected chi connectivity index (χ1v) is 9.78. The first-order chi connectivity index (χ1) is 14.4. The molecule has 0 unspecified atom stereocenters. The Morgan fingerprint density at radius 1 is 1.27 bits per heavy atom. The number of ether oxygens (including phenoxy) is 1. The van der Waals surface area contributed by atoms with Crippen molar-refractivity contribution in [2.75, 3.05) is 0 Å². The Bertz CT molecular complexity index is 1130. The fourth-order valence-electron chi connectivity index (χ4n) is 3.25. The molecule has 0 aliphatic heterocycles. The molecule has 0 saturated heterocycles. The molecule has 154 valence electrons. The lowest BCUT2D eigenvalue weighted by atomic mass is 10.1. The summed E-state index contributed by atoms with van der Waals surface area (Å²) in [5.74, 6) is -0.212. The molecule has 3 aromatic rings. The molecule has 0 atom stereocenters. The monoisotopic (exact) mass is 404 g/mol. The number of nitriles is 1. The molecule has 7 nitrogen and oxygen atoms in total. The first-order valence-electron chi connectivity index (χ1n) is 9.78. The SMILES string of the molecule is CCCn1c(C)cc(/C=C(\C#N)C(=O)OCc2nnc(-c3cccc(C)c3)o2)c1C. The van der Waals surface area contributed by atoms with E-state index in [-0.39, 0.29) is 18.1 Å². The lowest BCUT2D eigenvalue weighted by Crippen LogP contribution is -2.07. The summed E-state index contributed by atoms with van der Waals surface area (Å²) >= 11 is 0. The standard InChI is InChI=1S/C23H24N4O3/c1-5-9-27-16(3)11-19(17(27)4)12-20(13-24)23(28)29-14-21-25-26-22(30-21)18-8-6-7-15(2)10-18/h6-8,10-12H,5,9,14H2,1-4H3/b20-12+. The van der Waals surface area contributed by atoms with Gasteiger partial charge in [-0.05, 0) is 57.0 Å². The van der Waals surface area contributed by atoms with E-state index in [1.165, 1.54) is 0 Å². The molecule has 0 N–H and O–H groups in total. The van der Waals surface area contributed by atoms with E-state index in [1.54, 1.807) is 6.08 Å². The van der Waals surface area contributed by atoms with Gasteiger partial charge in [-0.15, -0.1) is 10.2 Å². The summed E-state index contributed by atoms with van der Waals surface area (Å²) < 4.78 is 12.9. The average Bonchev–Trinajstić information content (AvgIpc) is 3.31. The molecule has 0 spiro atoms. The number of aromatic nitrogens is 3. The van der Waals surface area contributed by atoms with E-state index in [1.807, 2.05) is 57.2 Å². The number of hydrogen-bond acceptors (Lipinski definition) is 6. The fourth-order valence-corrected chi connectivity index (χ4v) is 3.25. The highest BCUT2D eigenvalue weighted by atomic mass is 16.5. The van der Waals surface area contributed by atoms with Crippen molar-refractivity contribution >= 4 is 12.0 Å². The molecule has 30 heavy (non-hydrogen) atoms. The van der Waals surface area contributed by atoms with Crippen molar-refractivity contribution in [1.82, 2.24) is 14.8 Å². The second kappa shape index (κ2) is 9.23. The second-order valence-corrected chi connectivity index (χ2v) is 7.09. The maximum absolute atomic E-state index is 12.4. The zero-order valence-corrected chi connectivity index (χ0v) is 17.6. The van der Waals surface area contributed by atoms with Gasteiger partial charge in [0, 0.05) is 23.5 Å². The van der Waals surface area contributed by atoms with Crippen molar-refractivity contribution < 1.29 is 13.9 Å². The molecular weight excluding hydrogens is 380 g/mol. The molecule has 1 aromatic carbocycles. The van der Waals surface area contributed by atoms with Gasteiger partial charge >= 0.3 is 5.97 Å². The summed E-state index contributed by atoms with van der Waals surface area (Å²) in [6, 6.07) is 11.5. The predicted molar refractivity (Wildman–Crippen MR) is 112 cm³/mol. The van der Waals surface area contributed by atoms with Gasteiger partial charge in [0.2, 0.25) is 5.89 Å². The molecule has 0 amide bonds. The lowest BCUT2D eigenvalue weighted by Gasteiger charge is -2.07. The third-order valence-electron chi connectivity index (χ3n) is 4.76. The van der Waals surface area contributed by atoms with E-state index in [0.29, 0.717) is 5.89 Å². The number of nitrogens with zero attached hydrogens (tertiary/aromatic N) is 4. The van der Waals surface area contributed by atoms with E-state index in [2.05, 4.69) is 21.7 Å². The van der Waals surface area contributed by atoms with Crippen molar-refractivity contribution in [1.29, 1.82) is 5.26 Å². The predicted octanol–water partition coefficient (Wildman–Crippen LogP) is 4.52. The summed E-state index contributed by atoms with van der Waals surface area (Å²) in [5.41, 5.74) is 4.70. The molecule has 0 saturated carbocycles. The molecule has 3 rings (SSSR count). The van der Waals surface area contributed by atoms with E-state index in [9.17, 15) is 10.1 Å². The molecular formula is C23H24N4O3. The number of carbonyl (C=O) groups excluding carboxylic acids is 1. The van der Waals surface area contributed by atoms with Crippen LogP contribution in [-0.2, 0) is 22.7 Å². The van der Waals surface area contributed by atoms with Crippen LogP contribution in [0.4, 0.5) is 0 Å². The summed E-state index contributed by atoms with van der Waals surface area (Å²) in [7, 11) is 0. The minimum absolute atomic E-state index is 0.0785. The van der Waals surface area contributed by atoms with Crippen LogP contribution in [0.15, 0.2) is 40.3 Å². The van der Waals surface area contributed by atoms with Crippen molar-refractivity contribution in [3.8, 4) is 17.5 Å². The second-order valence-electron chi connectivity index (χ2n) is 7.09. The number of hydrogen-bond donors (Lipinski definition) is 0. The van der Waals surface area contributed by atoms with Gasteiger partial charge in [0.15, 0.2) is 6.61 Å². The van der Waals surface area contributed by atoms with Crippen molar-refractivity contribution in [2.24, 2.45) is 0 Å². The van der Waals surface area contributed by atoms with Gasteiger partial charge in [0.25, 0.3) is 5.89 Å². The van der Waals surface area contributed by atoms with E-state index in [4.69, 9.17) is 9.15 Å². The third kappa shape index (κ3) is 4.66. The van der Waals surface area contributed by atoms with Crippen molar-refractivity contribution in [3.05, 3.63) is 64.3 Å². The number of carbonyl (C=O) groups is 1. The number of rotatable bonds is 7. The van der Waals surface area contributed by atoms with Crippen LogP contribution in [-0.4, -0.2) is 20.7 Å². The van der Waals surface area contributed by atoms with Crippen LogP contribution in [0.25, 0.3) is 17.5 Å². The van der Waals surface area contributed by atoms with Crippen molar-refractivity contribution in [2.45, 2.75) is 47.3 Å². The normalized spacial score (nSPS) is 11.4. The van der Waals surface area contributed by atoms with Gasteiger partial charge < -0.3 is 13.7 Å². The van der Waals surface area contributed by atoms with Gasteiger partial charge in [0.1, 0.15) is 11.6 Å². The molecule has 0 bridgehead atoms. The van der Waals surface area contributed by atoms with Gasteiger partial charge in [0.05, 0.1) is 0 Å². The van der Waals surface area contributed by atoms with Crippen LogP contribution in [0.3, 0.4) is 0 Å². The Labute approximate surface area is 175 Å². The Morgan fingerprint density at radius 2 is 2.07 bits per heavy atom. The summed E-state index contributed by atoms with van der Waals surface area (Å²) in [6.45, 7) is 8.74. The third-order valence-corrected chi connectivity index (χ3v) is 4.76. The zero-order chi connectivity index (χ0) is 21.7. The van der Waals surface area contributed by atoms with E-state index < -0.39 is 5.97 Å². The van der Waals surface area contributed by atoms with E-state index in [0.717, 1.165) is 41.0 Å². The first kappa shape index (κ1) is 21.1. The fraction of sp³-hybridized carbons (Fsp3) is 0.304.